The number of hydrogen-bond acceptors (Lipinski definition) is 0. The van der Waals surface area contributed by atoms with Crippen molar-refractivity contribution >= 4 is 22.6 Å². The number of rotatable bonds is 3. The third-order valence-electron chi connectivity index (χ3n) is 0.833. The summed E-state index contributed by atoms with van der Waals surface area (Å²) >= 11 is 0.270. The van der Waals surface area contributed by atoms with Gasteiger partial charge in [0.1, 0.15) is 0 Å². The zero-order valence-corrected chi connectivity index (χ0v) is 7.04. The minimum Gasteiger partial charge on any atom is -0.238 e. The van der Waals surface area contributed by atoms with E-state index in [-0.39, 0.29) is 22.6 Å². The van der Waals surface area contributed by atoms with Gasteiger partial charge in [-0.05, 0) is 0 Å². The van der Waals surface area contributed by atoms with E-state index in [9.17, 15) is 26.3 Å². The molecule has 2 atom stereocenters. The third kappa shape index (κ3) is 3.48. The van der Waals surface area contributed by atoms with E-state index < -0.39 is 22.7 Å². The summed E-state index contributed by atoms with van der Waals surface area (Å²) in [5.41, 5.74) is 0. The molecule has 0 heterocycles. The molecular formula is C4H3F6I. The number of alkyl halides is 7. The van der Waals surface area contributed by atoms with Crippen LogP contribution in [0.25, 0.3) is 0 Å². The monoisotopic (exact) mass is 292 g/mol. The molecule has 0 aromatic carbocycles. The molecule has 0 N–H and O–H groups in total. The van der Waals surface area contributed by atoms with Crippen LogP contribution in [-0.4, -0.2) is 22.7 Å². The fourth-order valence-electron chi connectivity index (χ4n) is 0.308. The van der Waals surface area contributed by atoms with Gasteiger partial charge in [-0.3, -0.25) is 0 Å². The summed E-state index contributed by atoms with van der Waals surface area (Å²) in [6, 6.07) is 0. The van der Waals surface area contributed by atoms with Gasteiger partial charge in [-0.15, -0.1) is 0 Å². The summed E-state index contributed by atoms with van der Waals surface area (Å²) in [4.78, 5) is 0. The summed E-state index contributed by atoms with van der Waals surface area (Å²) in [5.74, 6) is 0. The van der Waals surface area contributed by atoms with Crippen molar-refractivity contribution in [3.05, 3.63) is 0 Å². The summed E-state index contributed by atoms with van der Waals surface area (Å²) < 4.78 is 65.7. The molecule has 68 valence electrons. The van der Waals surface area contributed by atoms with Crippen LogP contribution in [0.3, 0.4) is 0 Å². The first-order chi connectivity index (χ1) is 4.76. The maximum Gasteiger partial charge on any atom is 0.330 e. The molecule has 11 heavy (non-hydrogen) atoms. The van der Waals surface area contributed by atoms with Crippen LogP contribution >= 0.6 is 22.6 Å². The van der Waals surface area contributed by atoms with Crippen molar-refractivity contribution in [2.75, 3.05) is 0 Å². The highest BCUT2D eigenvalue weighted by molar-refractivity contribution is 14.1. The topological polar surface area (TPSA) is 0 Å². The summed E-state index contributed by atoms with van der Waals surface area (Å²) in [6.07, 6.45) is -10.6. The first-order valence-corrected chi connectivity index (χ1v) is 3.47. The SMILES string of the molecule is FC(F)C(F)C(F)C(F)(F)I. The standard InChI is InChI=1S/C4H3F6I/c5-1(3(7)8)2(6)4(9,10)11/h1-3H. The van der Waals surface area contributed by atoms with Gasteiger partial charge in [0.15, 0.2) is 6.17 Å². The molecule has 0 spiro atoms. The molecule has 2 unspecified atom stereocenters. The molecule has 0 aromatic rings. The average molecular weight is 292 g/mol. The zero-order valence-electron chi connectivity index (χ0n) is 4.88. The highest BCUT2D eigenvalue weighted by Crippen LogP contribution is 2.33. The Morgan fingerprint density at radius 3 is 1.45 bits per heavy atom. The van der Waals surface area contributed by atoms with Crippen molar-refractivity contribution in [3.63, 3.8) is 0 Å². The van der Waals surface area contributed by atoms with Crippen molar-refractivity contribution in [3.8, 4) is 0 Å². The summed E-state index contributed by atoms with van der Waals surface area (Å²) in [7, 11) is 0. The average Bonchev–Trinajstić information content (AvgIpc) is 1.82. The van der Waals surface area contributed by atoms with E-state index in [1.54, 1.807) is 0 Å². The van der Waals surface area contributed by atoms with Crippen molar-refractivity contribution < 1.29 is 26.3 Å². The maximum absolute atomic E-state index is 11.9. The van der Waals surface area contributed by atoms with E-state index in [4.69, 9.17) is 0 Å². The van der Waals surface area contributed by atoms with Gasteiger partial charge in [0.25, 0.3) is 6.43 Å². The molecule has 0 aromatic heterocycles. The molecule has 0 aliphatic heterocycles. The highest BCUT2D eigenvalue weighted by Gasteiger charge is 2.46. The Morgan fingerprint density at radius 2 is 1.36 bits per heavy atom. The van der Waals surface area contributed by atoms with E-state index in [0.717, 1.165) is 0 Å². The van der Waals surface area contributed by atoms with Crippen LogP contribution in [-0.2, 0) is 0 Å². The summed E-state index contributed by atoms with van der Waals surface area (Å²) in [6.45, 7) is 0. The molecule has 0 saturated heterocycles. The lowest BCUT2D eigenvalue weighted by Gasteiger charge is -2.16. The van der Waals surface area contributed by atoms with Gasteiger partial charge in [0, 0.05) is 22.6 Å². The van der Waals surface area contributed by atoms with Gasteiger partial charge < -0.3 is 0 Å². The Morgan fingerprint density at radius 1 is 1.00 bits per heavy atom. The second kappa shape index (κ2) is 3.81. The van der Waals surface area contributed by atoms with Crippen molar-refractivity contribution in [2.24, 2.45) is 0 Å². The lowest BCUT2D eigenvalue weighted by Crippen LogP contribution is -2.36. The first kappa shape index (κ1) is 11.3. The Bertz CT molecular complexity index is 120. The maximum atomic E-state index is 11.9. The van der Waals surface area contributed by atoms with Gasteiger partial charge in [0.2, 0.25) is 6.17 Å². The van der Waals surface area contributed by atoms with Crippen LogP contribution in [0.5, 0.6) is 0 Å². The van der Waals surface area contributed by atoms with E-state index in [2.05, 4.69) is 0 Å². The Balaban J connectivity index is 4.13. The largest absolute Gasteiger partial charge is 0.330 e. The molecule has 0 fully saturated rings. The van der Waals surface area contributed by atoms with E-state index in [1.807, 2.05) is 0 Å². The smallest absolute Gasteiger partial charge is 0.238 e. The molecular weight excluding hydrogens is 289 g/mol. The predicted octanol–water partition coefficient (Wildman–Crippen LogP) is 2.96. The van der Waals surface area contributed by atoms with Crippen LogP contribution in [0.4, 0.5) is 26.3 Å². The molecule has 0 amide bonds. The van der Waals surface area contributed by atoms with E-state index in [0.29, 0.717) is 0 Å². The fraction of sp³-hybridized carbons (Fsp3) is 1.00. The van der Waals surface area contributed by atoms with Gasteiger partial charge in [-0.2, -0.15) is 8.78 Å². The van der Waals surface area contributed by atoms with Gasteiger partial charge in [-0.1, -0.05) is 0 Å². The van der Waals surface area contributed by atoms with Crippen molar-refractivity contribution in [1.29, 1.82) is 0 Å². The zero-order chi connectivity index (χ0) is 9.23. The molecule has 0 aliphatic rings. The third-order valence-corrected chi connectivity index (χ3v) is 1.43. The lowest BCUT2D eigenvalue weighted by atomic mass is 10.2. The molecule has 0 rings (SSSR count). The number of halogens is 7. The molecule has 0 aliphatic carbocycles. The second-order valence-corrected chi connectivity index (χ2v) is 3.16. The van der Waals surface area contributed by atoms with E-state index in [1.165, 1.54) is 0 Å². The fourth-order valence-corrected chi connectivity index (χ4v) is 0.652. The summed E-state index contributed by atoms with van der Waals surface area (Å²) in [5, 5.41) is 0. The Labute approximate surface area is 72.1 Å². The molecule has 0 saturated carbocycles. The lowest BCUT2D eigenvalue weighted by molar-refractivity contribution is -0.0654. The second-order valence-electron chi connectivity index (χ2n) is 1.72. The number of hydrogen-bond donors (Lipinski definition) is 0. The molecule has 0 radical (unpaired) electrons. The molecule has 7 heteroatoms. The van der Waals surface area contributed by atoms with Crippen LogP contribution in [0, 0.1) is 0 Å². The minimum atomic E-state index is -4.09. The van der Waals surface area contributed by atoms with Crippen molar-refractivity contribution in [2.45, 2.75) is 22.7 Å². The first-order valence-electron chi connectivity index (χ1n) is 2.40. The predicted molar refractivity (Wildman–Crippen MR) is 34.8 cm³/mol. The van der Waals surface area contributed by atoms with Crippen LogP contribution in [0.15, 0.2) is 0 Å². The van der Waals surface area contributed by atoms with Gasteiger partial charge in [0.05, 0.1) is 0 Å². The highest BCUT2D eigenvalue weighted by atomic mass is 127. The quantitative estimate of drug-likeness (QED) is 0.426. The van der Waals surface area contributed by atoms with Gasteiger partial charge >= 0.3 is 3.93 Å². The van der Waals surface area contributed by atoms with Crippen LogP contribution < -0.4 is 0 Å². The van der Waals surface area contributed by atoms with Crippen LogP contribution in [0.2, 0.25) is 0 Å². The minimum absolute atomic E-state index is 0.270. The van der Waals surface area contributed by atoms with Crippen molar-refractivity contribution in [1.82, 2.24) is 0 Å². The molecule has 0 nitrogen and oxygen atoms in total. The van der Waals surface area contributed by atoms with E-state index >= 15 is 0 Å². The Kier molecular flexibility index (Phi) is 3.92. The van der Waals surface area contributed by atoms with Gasteiger partial charge in [-0.25, -0.2) is 17.6 Å². The Hall–Kier alpha value is 0.310. The van der Waals surface area contributed by atoms with Crippen LogP contribution in [0.1, 0.15) is 0 Å². The molecule has 0 bridgehead atoms. The normalized spacial score (nSPS) is 18.5.